The number of carbonyl (C=O) groups excluding carboxylic acids is 4. The van der Waals surface area contributed by atoms with Crippen molar-refractivity contribution in [3.63, 3.8) is 0 Å². The molecule has 0 aromatic heterocycles. The van der Waals surface area contributed by atoms with E-state index < -0.39 is 30.1 Å². The molecule has 2 rings (SSSR count). The Hall–Kier alpha value is -2.98. The SMILES string of the molecule is CC[C@H](C)[C@@H]([C@@H](CC(=O)N1CCC[C@H]1[C@H](OC)[C@@H](C)C(=O)N[C@@H](Cc1ccccc1)C(=O)OC)OC)N(C)C=O. The van der Waals surface area contributed by atoms with Gasteiger partial charge in [-0.1, -0.05) is 57.5 Å². The molecule has 1 aromatic rings. The Labute approximate surface area is 238 Å². The Bertz CT molecular complexity index is 960. The second-order valence-electron chi connectivity index (χ2n) is 10.7. The van der Waals surface area contributed by atoms with Crippen molar-refractivity contribution in [3.05, 3.63) is 35.9 Å². The van der Waals surface area contributed by atoms with Gasteiger partial charge in [0.1, 0.15) is 6.04 Å². The number of esters is 1. The highest BCUT2D eigenvalue weighted by Crippen LogP contribution is 2.29. The van der Waals surface area contributed by atoms with Crippen LogP contribution in [0.4, 0.5) is 0 Å². The van der Waals surface area contributed by atoms with E-state index in [2.05, 4.69) is 5.32 Å². The predicted molar refractivity (Wildman–Crippen MR) is 151 cm³/mol. The monoisotopic (exact) mass is 561 g/mol. The molecule has 0 aliphatic carbocycles. The van der Waals surface area contributed by atoms with E-state index in [9.17, 15) is 19.2 Å². The number of ether oxygens (including phenoxy) is 3. The number of likely N-dealkylation sites (tertiary alicyclic amines) is 1. The topological polar surface area (TPSA) is 114 Å². The molecule has 0 bridgehead atoms. The van der Waals surface area contributed by atoms with Gasteiger partial charge in [-0.25, -0.2) is 4.79 Å². The first-order chi connectivity index (χ1) is 19.1. The Morgan fingerprint density at radius 1 is 1.12 bits per heavy atom. The maximum Gasteiger partial charge on any atom is 0.328 e. The second kappa shape index (κ2) is 16.3. The highest BCUT2D eigenvalue weighted by atomic mass is 16.5. The van der Waals surface area contributed by atoms with E-state index in [0.29, 0.717) is 19.4 Å². The summed E-state index contributed by atoms with van der Waals surface area (Å²) in [6, 6.07) is 7.99. The summed E-state index contributed by atoms with van der Waals surface area (Å²) in [5.41, 5.74) is 0.894. The number of methoxy groups -OCH3 is 3. The maximum absolute atomic E-state index is 13.6. The van der Waals surface area contributed by atoms with Crippen molar-refractivity contribution in [1.29, 1.82) is 0 Å². The zero-order chi connectivity index (χ0) is 29.8. The summed E-state index contributed by atoms with van der Waals surface area (Å²) in [5.74, 6) is -1.49. The van der Waals surface area contributed by atoms with E-state index in [-0.39, 0.29) is 36.2 Å². The minimum Gasteiger partial charge on any atom is -0.467 e. The van der Waals surface area contributed by atoms with Gasteiger partial charge >= 0.3 is 5.97 Å². The van der Waals surface area contributed by atoms with Crippen molar-refractivity contribution >= 4 is 24.2 Å². The molecular weight excluding hydrogens is 514 g/mol. The molecule has 1 fully saturated rings. The van der Waals surface area contributed by atoms with Gasteiger partial charge in [-0.05, 0) is 24.3 Å². The van der Waals surface area contributed by atoms with Gasteiger partial charge in [0.05, 0.1) is 43.7 Å². The number of carbonyl (C=O) groups is 4. The van der Waals surface area contributed by atoms with Gasteiger partial charge in [0.2, 0.25) is 18.2 Å². The summed E-state index contributed by atoms with van der Waals surface area (Å²) in [6.45, 7) is 6.38. The summed E-state index contributed by atoms with van der Waals surface area (Å²) in [5, 5.41) is 2.84. The lowest BCUT2D eigenvalue weighted by Crippen LogP contribution is -2.53. The van der Waals surface area contributed by atoms with Crippen molar-refractivity contribution in [2.24, 2.45) is 11.8 Å². The Morgan fingerprint density at radius 2 is 1.80 bits per heavy atom. The number of nitrogens with one attached hydrogen (secondary N) is 1. The normalized spacial score (nSPS) is 19.6. The molecule has 10 heteroatoms. The van der Waals surface area contributed by atoms with Gasteiger partial charge in [-0.15, -0.1) is 0 Å². The molecule has 3 amide bonds. The number of nitrogens with zero attached hydrogens (tertiary/aromatic N) is 2. The van der Waals surface area contributed by atoms with E-state index in [0.717, 1.165) is 24.8 Å². The molecule has 0 spiro atoms. The number of amides is 3. The quantitative estimate of drug-likeness (QED) is 0.244. The number of hydrogen-bond acceptors (Lipinski definition) is 7. The van der Waals surface area contributed by atoms with Gasteiger partial charge in [-0.3, -0.25) is 14.4 Å². The third-order valence-electron chi connectivity index (χ3n) is 8.19. The second-order valence-corrected chi connectivity index (χ2v) is 10.7. The third-order valence-corrected chi connectivity index (χ3v) is 8.19. The molecular formula is C30H47N3O7. The molecule has 1 N–H and O–H groups in total. The lowest BCUT2D eigenvalue weighted by molar-refractivity contribution is -0.147. The lowest BCUT2D eigenvalue weighted by Gasteiger charge is -2.38. The first-order valence-electron chi connectivity index (χ1n) is 14.1. The summed E-state index contributed by atoms with van der Waals surface area (Å²) >= 11 is 0. The summed E-state index contributed by atoms with van der Waals surface area (Å²) < 4.78 is 16.5. The minimum atomic E-state index is -0.851. The van der Waals surface area contributed by atoms with E-state index in [1.807, 2.05) is 44.2 Å². The standard InChI is InChI=1S/C30H47N3O7/c1-8-20(2)27(32(4)19-34)25(38-5)18-26(35)33-16-12-15-24(33)28(39-6)21(3)29(36)31-23(30(37)40-7)17-22-13-10-9-11-14-22/h9-11,13-14,19-21,23-25,27-28H,8,12,15-18H2,1-7H3,(H,31,36)/t20-,21+,23-,24-,25+,27-,28+/m0/s1. The molecule has 224 valence electrons. The van der Waals surface area contributed by atoms with E-state index in [4.69, 9.17) is 14.2 Å². The molecule has 1 saturated heterocycles. The molecule has 10 nitrogen and oxygen atoms in total. The molecule has 1 aliphatic heterocycles. The van der Waals surface area contributed by atoms with Crippen LogP contribution in [0.15, 0.2) is 30.3 Å². The number of benzene rings is 1. The summed E-state index contributed by atoms with van der Waals surface area (Å²) in [7, 11) is 6.10. The van der Waals surface area contributed by atoms with Crippen LogP contribution >= 0.6 is 0 Å². The fourth-order valence-electron chi connectivity index (χ4n) is 5.75. The summed E-state index contributed by atoms with van der Waals surface area (Å²) in [4.78, 5) is 54.4. The van der Waals surface area contributed by atoms with Crippen molar-refractivity contribution < 1.29 is 33.4 Å². The fourth-order valence-corrected chi connectivity index (χ4v) is 5.75. The highest BCUT2D eigenvalue weighted by molar-refractivity contribution is 5.86. The van der Waals surface area contributed by atoms with Crippen molar-refractivity contribution in [1.82, 2.24) is 15.1 Å². The van der Waals surface area contributed by atoms with E-state index >= 15 is 0 Å². The zero-order valence-corrected chi connectivity index (χ0v) is 25.0. The van der Waals surface area contributed by atoms with Gasteiger partial charge in [0, 0.05) is 34.2 Å². The van der Waals surface area contributed by atoms with Gasteiger partial charge < -0.3 is 29.3 Å². The molecule has 40 heavy (non-hydrogen) atoms. The van der Waals surface area contributed by atoms with Crippen LogP contribution < -0.4 is 5.32 Å². The predicted octanol–water partition coefficient (Wildman–Crippen LogP) is 2.44. The molecule has 7 atom stereocenters. The fraction of sp³-hybridized carbons (Fsp3) is 0.667. The number of rotatable bonds is 16. The summed E-state index contributed by atoms with van der Waals surface area (Å²) in [6.07, 6.45) is 2.42. The van der Waals surface area contributed by atoms with Gasteiger partial charge in [0.15, 0.2) is 0 Å². The average Bonchev–Trinajstić information content (AvgIpc) is 3.46. The molecule has 1 aliphatic rings. The van der Waals surface area contributed by atoms with Crippen LogP contribution in [0, 0.1) is 11.8 Å². The average molecular weight is 562 g/mol. The molecule has 0 unspecified atom stereocenters. The minimum absolute atomic E-state index is 0.104. The first kappa shape index (κ1) is 33.2. The Balaban J connectivity index is 2.16. The van der Waals surface area contributed by atoms with E-state index in [1.165, 1.54) is 14.2 Å². The molecule has 1 aromatic carbocycles. The van der Waals surface area contributed by atoms with Gasteiger partial charge in [-0.2, -0.15) is 0 Å². The molecule has 0 saturated carbocycles. The van der Waals surface area contributed by atoms with Crippen LogP contribution in [0.2, 0.25) is 0 Å². The highest BCUT2D eigenvalue weighted by Gasteiger charge is 2.42. The van der Waals surface area contributed by atoms with Crippen LogP contribution in [0.3, 0.4) is 0 Å². The van der Waals surface area contributed by atoms with Crippen LogP contribution in [-0.4, -0.2) is 99.2 Å². The third kappa shape index (κ3) is 8.51. The first-order valence-corrected chi connectivity index (χ1v) is 14.1. The number of hydrogen-bond donors (Lipinski definition) is 1. The smallest absolute Gasteiger partial charge is 0.328 e. The Kier molecular flexibility index (Phi) is 13.6. The molecule has 1 heterocycles. The van der Waals surface area contributed by atoms with Crippen LogP contribution in [0.1, 0.15) is 52.0 Å². The number of likely N-dealkylation sites (N-methyl/N-ethyl adjacent to an activating group) is 1. The van der Waals surface area contributed by atoms with Crippen molar-refractivity contribution in [2.45, 2.75) is 83.2 Å². The van der Waals surface area contributed by atoms with Gasteiger partial charge in [0.25, 0.3) is 0 Å². The molecule has 0 radical (unpaired) electrons. The van der Waals surface area contributed by atoms with E-state index in [1.54, 1.807) is 30.9 Å². The Morgan fingerprint density at radius 3 is 2.35 bits per heavy atom. The van der Waals surface area contributed by atoms with Crippen molar-refractivity contribution in [3.8, 4) is 0 Å². The zero-order valence-electron chi connectivity index (χ0n) is 25.0. The van der Waals surface area contributed by atoms with Crippen LogP contribution in [0.5, 0.6) is 0 Å². The lowest BCUT2D eigenvalue weighted by atomic mass is 9.90. The van der Waals surface area contributed by atoms with Crippen molar-refractivity contribution in [2.75, 3.05) is 34.9 Å². The van der Waals surface area contributed by atoms with Crippen LogP contribution in [0.25, 0.3) is 0 Å². The largest absolute Gasteiger partial charge is 0.467 e. The van der Waals surface area contributed by atoms with Crippen LogP contribution in [-0.2, 0) is 39.8 Å². The maximum atomic E-state index is 13.6.